The molecule has 0 fully saturated rings. The number of nitro groups is 1. The molecule has 16 heavy (non-hydrogen) atoms. The molecule has 0 aromatic carbocycles. The van der Waals surface area contributed by atoms with E-state index in [-0.39, 0.29) is 5.15 Å². The zero-order chi connectivity index (χ0) is 12.3. The molecule has 1 rings (SSSR count). The van der Waals surface area contributed by atoms with Crippen LogP contribution < -0.4 is 5.32 Å². The quantitative estimate of drug-likeness (QED) is 0.389. The first-order valence-electron chi connectivity index (χ1n) is 3.90. The second-order valence-electron chi connectivity index (χ2n) is 2.66. The number of aromatic nitrogens is 1. The van der Waals surface area contributed by atoms with E-state index in [0.717, 1.165) is 12.3 Å². The van der Waals surface area contributed by atoms with Crippen LogP contribution in [0.1, 0.15) is 0 Å². The van der Waals surface area contributed by atoms with Crippen molar-refractivity contribution >= 4 is 23.0 Å². The van der Waals surface area contributed by atoms with E-state index in [1.54, 1.807) is 5.32 Å². The monoisotopic (exact) mass is 255 g/mol. The molecule has 5 nitrogen and oxygen atoms in total. The minimum absolute atomic E-state index is 0.190. The van der Waals surface area contributed by atoms with E-state index in [0.29, 0.717) is 0 Å². The molecule has 0 spiro atoms. The van der Waals surface area contributed by atoms with Crippen molar-refractivity contribution in [2.24, 2.45) is 0 Å². The van der Waals surface area contributed by atoms with Crippen LogP contribution in [0.3, 0.4) is 0 Å². The number of nitrogens with zero attached hydrogens (tertiary/aromatic N) is 2. The fourth-order valence-corrected chi connectivity index (χ4v) is 1.05. The zero-order valence-corrected chi connectivity index (χ0v) is 8.29. The second-order valence-corrected chi connectivity index (χ2v) is 3.05. The summed E-state index contributed by atoms with van der Waals surface area (Å²) in [5.41, 5.74) is -1.08. The molecule has 9 heteroatoms. The van der Waals surface area contributed by atoms with E-state index >= 15 is 0 Å². The highest BCUT2D eigenvalue weighted by molar-refractivity contribution is 6.29. The number of hydrogen-bond donors (Lipinski definition) is 1. The molecule has 0 bridgehead atoms. The molecule has 0 saturated heterocycles. The molecule has 1 aromatic rings. The molecule has 1 unspecified atom stereocenters. The summed E-state index contributed by atoms with van der Waals surface area (Å²) in [5.74, 6) is 0. The summed E-state index contributed by atoms with van der Waals surface area (Å²) < 4.78 is 36.4. The van der Waals surface area contributed by atoms with Gasteiger partial charge in [-0.05, 0) is 0 Å². The van der Waals surface area contributed by atoms with Crippen LogP contribution in [0, 0.1) is 10.1 Å². The van der Waals surface area contributed by atoms with Gasteiger partial charge >= 0.3 is 0 Å². The van der Waals surface area contributed by atoms with Gasteiger partial charge in [-0.3, -0.25) is 10.1 Å². The van der Waals surface area contributed by atoms with Crippen molar-refractivity contribution in [3.8, 4) is 0 Å². The summed E-state index contributed by atoms with van der Waals surface area (Å²) in [7, 11) is 0. The third-order valence-electron chi connectivity index (χ3n) is 1.56. The number of rotatable bonds is 4. The molecule has 0 amide bonds. The maximum absolute atomic E-state index is 12.6. The van der Waals surface area contributed by atoms with Gasteiger partial charge in [-0.2, -0.15) is 0 Å². The van der Waals surface area contributed by atoms with Gasteiger partial charge in [0.1, 0.15) is 10.8 Å². The number of anilines is 1. The van der Waals surface area contributed by atoms with Gasteiger partial charge in [0.15, 0.2) is 0 Å². The minimum atomic E-state index is -3.30. The third-order valence-corrected chi connectivity index (χ3v) is 1.77. The summed E-state index contributed by atoms with van der Waals surface area (Å²) in [4.78, 5) is 13.0. The first-order chi connectivity index (χ1) is 7.41. The number of hydrogen-bond acceptors (Lipinski definition) is 4. The van der Waals surface area contributed by atoms with E-state index in [2.05, 4.69) is 4.98 Å². The van der Waals surface area contributed by atoms with Crippen molar-refractivity contribution in [1.82, 2.24) is 4.98 Å². The lowest BCUT2D eigenvalue weighted by Gasteiger charge is -2.10. The smallest absolute Gasteiger partial charge is 0.297 e. The summed E-state index contributed by atoms with van der Waals surface area (Å²) in [6, 6.07) is 0.835. The fraction of sp³-hybridized carbons (Fsp3) is 0.286. The van der Waals surface area contributed by atoms with Gasteiger partial charge in [0.25, 0.3) is 12.1 Å². The van der Waals surface area contributed by atoms with Crippen molar-refractivity contribution < 1.29 is 18.1 Å². The van der Waals surface area contributed by atoms with Crippen molar-refractivity contribution in [3.05, 3.63) is 27.5 Å². The summed E-state index contributed by atoms with van der Waals surface area (Å²) in [6.07, 6.45) is -5.19. The van der Waals surface area contributed by atoms with Crippen LogP contribution in [-0.4, -0.2) is 22.6 Å². The van der Waals surface area contributed by atoms with Crippen LogP contribution in [-0.2, 0) is 0 Å². The topological polar surface area (TPSA) is 68.1 Å². The predicted molar refractivity (Wildman–Crippen MR) is 50.4 cm³/mol. The van der Waals surface area contributed by atoms with Crippen LogP contribution in [0.25, 0.3) is 0 Å². The van der Waals surface area contributed by atoms with Crippen molar-refractivity contribution in [2.45, 2.75) is 12.7 Å². The molecular formula is C7H5ClF3N3O2. The van der Waals surface area contributed by atoms with E-state index in [1.165, 1.54) is 0 Å². The van der Waals surface area contributed by atoms with Crippen molar-refractivity contribution in [2.75, 3.05) is 5.32 Å². The first kappa shape index (κ1) is 12.5. The maximum atomic E-state index is 12.6. The van der Waals surface area contributed by atoms with E-state index < -0.39 is 29.0 Å². The molecule has 88 valence electrons. The Balaban J connectivity index is 2.99. The standard InChI is InChI=1S/C7H5ClF3N3O2/c8-5-1-4(14(15)16)3(2-12-5)13-7(11)6(9)10/h1-2,6-7,13H. The molecular weight excluding hydrogens is 251 g/mol. The Morgan fingerprint density at radius 3 is 2.62 bits per heavy atom. The molecule has 0 saturated carbocycles. The molecule has 1 atom stereocenters. The summed E-state index contributed by atoms with van der Waals surface area (Å²) in [6.45, 7) is 0. The molecule has 0 aliphatic rings. The minimum Gasteiger partial charge on any atom is -0.344 e. The lowest BCUT2D eigenvalue weighted by atomic mass is 10.3. The Bertz CT molecular complexity index is 404. The molecule has 1 N–H and O–H groups in total. The van der Waals surface area contributed by atoms with Gasteiger partial charge in [0.05, 0.1) is 17.2 Å². The lowest BCUT2D eigenvalue weighted by Crippen LogP contribution is -2.22. The van der Waals surface area contributed by atoms with Gasteiger partial charge in [0.2, 0.25) is 6.30 Å². The molecule has 0 aliphatic carbocycles. The molecule has 1 aromatic heterocycles. The predicted octanol–water partition coefficient (Wildman–Crippen LogP) is 2.62. The van der Waals surface area contributed by atoms with Gasteiger partial charge in [-0.1, -0.05) is 11.6 Å². The van der Waals surface area contributed by atoms with Crippen molar-refractivity contribution in [3.63, 3.8) is 0 Å². The Hall–Kier alpha value is -1.57. The molecule has 0 aliphatic heterocycles. The third kappa shape index (κ3) is 2.96. The molecule has 1 heterocycles. The maximum Gasteiger partial charge on any atom is 0.297 e. The van der Waals surface area contributed by atoms with E-state index in [9.17, 15) is 23.3 Å². The first-order valence-corrected chi connectivity index (χ1v) is 4.28. The Morgan fingerprint density at radius 1 is 1.50 bits per heavy atom. The van der Waals surface area contributed by atoms with Crippen molar-refractivity contribution in [1.29, 1.82) is 0 Å². The fourth-order valence-electron chi connectivity index (χ4n) is 0.894. The summed E-state index contributed by atoms with van der Waals surface area (Å²) >= 11 is 5.37. The van der Waals surface area contributed by atoms with E-state index in [1.807, 2.05) is 0 Å². The Labute approximate surface area is 92.4 Å². The van der Waals surface area contributed by atoms with Crippen LogP contribution >= 0.6 is 11.6 Å². The molecule has 0 radical (unpaired) electrons. The summed E-state index contributed by atoms with van der Waals surface area (Å²) in [5, 5.41) is 11.9. The average Bonchev–Trinajstić information content (AvgIpc) is 2.20. The average molecular weight is 256 g/mol. The normalized spacial score (nSPS) is 12.6. The number of alkyl halides is 3. The highest BCUT2D eigenvalue weighted by Gasteiger charge is 2.23. The van der Waals surface area contributed by atoms with E-state index in [4.69, 9.17) is 11.6 Å². The highest BCUT2D eigenvalue weighted by Crippen LogP contribution is 2.27. The number of nitrogens with one attached hydrogen (secondary N) is 1. The van der Waals surface area contributed by atoms with Gasteiger partial charge in [0, 0.05) is 0 Å². The van der Waals surface area contributed by atoms with Crippen LogP contribution in [0.15, 0.2) is 12.3 Å². The van der Waals surface area contributed by atoms with Gasteiger partial charge in [-0.15, -0.1) is 0 Å². The van der Waals surface area contributed by atoms with Gasteiger partial charge in [-0.25, -0.2) is 18.2 Å². The highest BCUT2D eigenvalue weighted by atomic mass is 35.5. The number of halogens is 4. The largest absolute Gasteiger partial charge is 0.344 e. The Morgan fingerprint density at radius 2 is 2.12 bits per heavy atom. The van der Waals surface area contributed by atoms with Gasteiger partial charge < -0.3 is 5.32 Å². The van der Waals surface area contributed by atoms with Crippen LogP contribution in [0.2, 0.25) is 5.15 Å². The van der Waals surface area contributed by atoms with Crippen LogP contribution in [0.4, 0.5) is 24.5 Å². The number of pyridine rings is 1. The zero-order valence-electron chi connectivity index (χ0n) is 7.53. The SMILES string of the molecule is O=[N+]([O-])c1cc(Cl)ncc1NC(F)C(F)F. The second kappa shape index (κ2) is 4.97. The lowest BCUT2D eigenvalue weighted by molar-refractivity contribution is -0.384. The van der Waals surface area contributed by atoms with Crippen LogP contribution in [0.5, 0.6) is 0 Å². The Kier molecular flexibility index (Phi) is 3.88.